The van der Waals surface area contributed by atoms with Gasteiger partial charge in [-0.15, -0.1) is 0 Å². The highest BCUT2D eigenvalue weighted by Gasteiger charge is 2.30. The van der Waals surface area contributed by atoms with Gasteiger partial charge in [0.25, 0.3) is 0 Å². The topological polar surface area (TPSA) is 12.0 Å². The molecular formula is C19H32FN. The summed E-state index contributed by atoms with van der Waals surface area (Å²) in [5.41, 5.74) is 1.23. The van der Waals surface area contributed by atoms with E-state index in [9.17, 15) is 4.39 Å². The average Bonchev–Trinajstić information content (AvgIpc) is 2.46. The molecule has 0 aliphatic heterocycles. The highest BCUT2D eigenvalue weighted by Crippen LogP contribution is 2.30. The van der Waals surface area contributed by atoms with E-state index in [1.807, 2.05) is 12.1 Å². The molecule has 0 aromatic heterocycles. The SMILES string of the molecule is CCCCCCCC(NCC)C(C)(C)c1ccc(F)cc1. The zero-order chi connectivity index (χ0) is 15.7. The molecule has 1 aromatic carbocycles. The van der Waals surface area contributed by atoms with Crippen molar-refractivity contribution < 1.29 is 4.39 Å². The second kappa shape index (κ2) is 9.19. The molecule has 0 heterocycles. The van der Waals surface area contributed by atoms with Gasteiger partial charge in [-0.3, -0.25) is 0 Å². The first-order chi connectivity index (χ1) is 10.0. The van der Waals surface area contributed by atoms with Gasteiger partial charge in [0.2, 0.25) is 0 Å². The van der Waals surface area contributed by atoms with Crippen molar-refractivity contribution in [2.45, 2.75) is 77.7 Å². The predicted molar refractivity (Wildman–Crippen MR) is 90.3 cm³/mol. The van der Waals surface area contributed by atoms with E-state index in [2.05, 4.69) is 33.0 Å². The quantitative estimate of drug-likeness (QED) is 0.566. The predicted octanol–water partition coefficient (Wildman–Crippen LogP) is 5.44. The van der Waals surface area contributed by atoms with Gasteiger partial charge in [-0.25, -0.2) is 4.39 Å². The molecule has 0 aliphatic carbocycles. The maximum Gasteiger partial charge on any atom is 0.123 e. The third-order valence-corrected chi connectivity index (χ3v) is 4.51. The van der Waals surface area contributed by atoms with Crippen molar-refractivity contribution in [1.29, 1.82) is 0 Å². The van der Waals surface area contributed by atoms with Crippen molar-refractivity contribution in [2.24, 2.45) is 0 Å². The summed E-state index contributed by atoms with van der Waals surface area (Å²) in [7, 11) is 0. The zero-order valence-electron chi connectivity index (χ0n) is 14.2. The largest absolute Gasteiger partial charge is 0.313 e. The minimum Gasteiger partial charge on any atom is -0.313 e. The molecule has 1 atom stereocenters. The number of nitrogens with one attached hydrogen (secondary N) is 1. The molecule has 2 heteroatoms. The Hall–Kier alpha value is -0.890. The Bertz CT molecular complexity index is 383. The Kier molecular flexibility index (Phi) is 7.95. The van der Waals surface area contributed by atoms with Crippen LogP contribution in [0.1, 0.15) is 71.8 Å². The molecule has 1 rings (SSSR count). The summed E-state index contributed by atoms with van der Waals surface area (Å²) < 4.78 is 13.1. The molecule has 0 aliphatic rings. The maximum atomic E-state index is 13.1. The zero-order valence-corrected chi connectivity index (χ0v) is 14.2. The molecule has 1 N–H and O–H groups in total. The highest BCUT2D eigenvalue weighted by molar-refractivity contribution is 5.26. The third kappa shape index (κ3) is 5.78. The van der Waals surface area contributed by atoms with Crippen LogP contribution < -0.4 is 5.32 Å². The van der Waals surface area contributed by atoms with Crippen LogP contribution in [-0.4, -0.2) is 12.6 Å². The Balaban J connectivity index is 2.65. The van der Waals surface area contributed by atoms with E-state index in [4.69, 9.17) is 0 Å². The van der Waals surface area contributed by atoms with E-state index in [-0.39, 0.29) is 11.2 Å². The lowest BCUT2D eigenvalue weighted by molar-refractivity contribution is 0.317. The molecule has 0 spiro atoms. The van der Waals surface area contributed by atoms with E-state index in [1.54, 1.807) is 12.1 Å². The lowest BCUT2D eigenvalue weighted by Crippen LogP contribution is -2.44. The molecule has 21 heavy (non-hydrogen) atoms. The summed E-state index contributed by atoms with van der Waals surface area (Å²) >= 11 is 0. The molecule has 0 saturated heterocycles. The maximum absolute atomic E-state index is 13.1. The molecule has 1 aromatic rings. The Morgan fingerprint density at radius 3 is 2.19 bits per heavy atom. The Morgan fingerprint density at radius 1 is 1.00 bits per heavy atom. The van der Waals surface area contributed by atoms with Crippen LogP contribution in [0.25, 0.3) is 0 Å². The molecule has 0 radical (unpaired) electrons. The van der Waals surface area contributed by atoms with Crippen molar-refractivity contribution in [2.75, 3.05) is 6.54 Å². The summed E-state index contributed by atoms with van der Waals surface area (Å²) in [5, 5.41) is 3.63. The first kappa shape index (κ1) is 18.2. The van der Waals surface area contributed by atoms with Crippen LogP contribution in [0.2, 0.25) is 0 Å². The van der Waals surface area contributed by atoms with E-state index >= 15 is 0 Å². The van der Waals surface area contributed by atoms with Gasteiger partial charge in [0.1, 0.15) is 5.82 Å². The van der Waals surface area contributed by atoms with Crippen LogP contribution in [-0.2, 0) is 5.41 Å². The number of unbranched alkanes of at least 4 members (excludes halogenated alkanes) is 4. The van der Waals surface area contributed by atoms with Gasteiger partial charge in [0, 0.05) is 11.5 Å². The molecule has 0 amide bonds. The van der Waals surface area contributed by atoms with Crippen molar-refractivity contribution in [1.82, 2.24) is 5.32 Å². The number of rotatable bonds is 10. The van der Waals surface area contributed by atoms with Gasteiger partial charge in [0.15, 0.2) is 0 Å². The molecule has 1 nitrogen and oxygen atoms in total. The van der Waals surface area contributed by atoms with Crippen LogP contribution >= 0.6 is 0 Å². The molecule has 120 valence electrons. The van der Waals surface area contributed by atoms with Crippen molar-refractivity contribution in [3.63, 3.8) is 0 Å². The lowest BCUT2D eigenvalue weighted by Gasteiger charge is -2.36. The Labute approximate surface area is 130 Å². The Morgan fingerprint density at radius 2 is 1.62 bits per heavy atom. The number of halogens is 1. The number of hydrogen-bond donors (Lipinski definition) is 1. The van der Waals surface area contributed by atoms with Gasteiger partial charge >= 0.3 is 0 Å². The number of hydrogen-bond acceptors (Lipinski definition) is 1. The fourth-order valence-corrected chi connectivity index (χ4v) is 3.00. The van der Waals surface area contributed by atoms with Crippen molar-refractivity contribution in [3.05, 3.63) is 35.6 Å². The van der Waals surface area contributed by atoms with E-state index in [0.717, 1.165) is 6.54 Å². The molecular weight excluding hydrogens is 261 g/mol. The normalized spacial score (nSPS) is 13.4. The summed E-state index contributed by atoms with van der Waals surface area (Å²) in [4.78, 5) is 0. The van der Waals surface area contributed by atoms with E-state index in [0.29, 0.717) is 6.04 Å². The number of benzene rings is 1. The van der Waals surface area contributed by atoms with E-state index < -0.39 is 0 Å². The van der Waals surface area contributed by atoms with Crippen LogP contribution in [0.4, 0.5) is 4.39 Å². The second-order valence-electron chi connectivity index (χ2n) is 6.54. The standard InChI is InChI=1S/C19H32FN/c1-5-7-8-9-10-11-18(21-6-2)19(3,4)16-12-14-17(20)15-13-16/h12-15,18,21H,5-11H2,1-4H3. The highest BCUT2D eigenvalue weighted by atomic mass is 19.1. The first-order valence-electron chi connectivity index (χ1n) is 8.51. The van der Waals surface area contributed by atoms with Crippen LogP contribution in [0, 0.1) is 5.82 Å². The first-order valence-corrected chi connectivity index (χ1v) is 8.51. The van der Waals surface area contributed by atoms with E-state index in [1.165, 1.54) is 44.1 Å². The van der Waals surface area contributed by atoms with Gasteiger partial charge in [-0.1, -0.05) is 71.9 Å². The summed E-state index contributed by atoms with van der Waals surface area (Å²) in [5.74, 6) is -0.158. The smallest absolute Gasteiger partial charge is 0.123 e. The summed E-state index contributed by atoms with van der Waals surface area (Å²) in [6.07, 6.45) is 7.73. The van der Waals surface area contributed by atoms with Crippen LogP contribution in [0.5, 0.6) is 0 Å². The molecule has 1 unspecified atom stereocenters. The van der Waals surface area contributed by atoms with Crippen molar-refractivity contribution in [3.8, 4) is 0 Å². The second-order valence-corrected chi connectivity index (χ2v) is 6.54. The molecule has 0 bridgehead atoms. The van der Waals surface area contributed by atoms with Crippen LogP contribution in [0.15, 0.2) is 24.3 Å². The van der Waals surface area contributed by atoms with Crippen LogP contribution in [0.3, 0.4) is 0 Å². The monoisotopic (exact) mass is 293 g/mol. The van der Waals surface area contributed by atoms with Gasteiger partial charge in [-0.05, 0) is 30.7 Å². The fraction of sp³-hybridized carbons (Fsp3) is 0.684. The van der Waals surface area contributed by atoms with Gasteiger partial charge in [-0.2, -0.15) is 0 Å². The lowest BCUT2D eigenvalue weighted by atomic mass is 9.75. The minimum absolute atomic E-state index is 0.0223. The molecule has 0 fully saturated rings. The number of likely N-dealkylation sites (N-methyl/N-ethyl adjacent to an activating group) is 1. The fourth-order valence-electron chi connectivity index (χ4n) is 3.00. The molecule has 0 saturated carbocycles. The summed E-state index contributed by atoms with van der Waals surface area (Å²) in [6.45, 7) is 9.91. The minimum atomic E-state index is -0.158. The average molecular weight is 293 g/mol. The van der Waals surface area contributed by atoms with Gasteiger partial charge < -0.3 is 5.32 Å². The third-order valence-electron chi connectivity index (χ3n) is 4.51. The summed E-state index contributed by atoms with van der Waals surface area (Å²) in [6, 6.07) is 7.44. The van der Waals surface area contributed by atoms with Crippen molar-refractivity contribution >= 4 is 0 Å². The van der Waals surface area contributed by atoms with Gasteiger partial charge in [0.05, 0.1) is 0 Å².